The number of ketones is 1. The number of aliphatic imine (C=N–C) groups is 1. The first kappa shape index (κ1) is 20.9. The topological polar surface area (TPSA) is 115 Å². The monoisotopic (exact) mass is 428 g/mol. The smallest absolute Gasteiger partial charge is 0.196 e. The Hall–Kier alpha value is -4.39. The number of hydrogen-bond acceptors (Lipinski definition) is 7. The van der Waals surface area contributed by atoms with E-state index >= 15 is 0 Å². The summed E-state index contributed by atoms with van der Waals surface area (Å²) in [6.45, 7) is 1.65. The maximum absolute atomic E-state index is 12.8. The summed E-state index contributed by atoms with van der Waals surface area (Å²) in [5.74, 6) is 0.203. The van der Waals surface area contributed by atoms with Crippen molar-refractivity contribution >= 4 is 34.3 Å². The van der Waals surface area contributed by atoms with Gasteiger partial charge in [-0.05, 0) is 25.1 Å². The van der Waals surface area contributed by atoms with E-state index < -0.39 is 0 Å². The van der Waals surface area contributed by atoms with Crippen LogP contribution in [0.2, 0.25) is 0 Å². The molecule has 3 N–H and O–H groups in total. The van der Waals surface area contributed by atoms with Gasteiger partial charge in [0.25, 0.3) is 0 Å². The van der Waals surface area contributed by atoms with Gasteiger partial charge in [0.15, 0.2) is 11.2 Å². The average Bonchev–Trinajstić information content (AvgIpc) is 2.78. The number of rotatable bonds is 5. The largest absolute Gasteiger partial charge is 0.507 e. The van der Waals surface area contributed by atoms with E-state index in [1.165, 1.54) is 25.5 Å². The maximum Gasteiger partial charge on any atom is 0.196 e. The van der Waals surface area contributed by atoms with Crippen LogP contribution in [0.15, 0.2) is 74.9 Å². The van der Waals surface area contributed by atoms with Gasteiger partial charge in [-0.1, -0.05) is 30.3 Å². The molecule has 0 saturated heterocycles. The number of anilines is 1. The fourth-order valence-electron chi connectivity index (χ4n) is 3.43. The molecule has 0 radical (unpaired) electrons. The first-order valence-electron chi connectivity index (χ1n) is 9.77. The third kappa shape index (κ3) is 3.83. The molecule has 1 heterocycles. The lowest BCUT2D eigenvalue weighted by atomic mass is 10.0. The number of benzene rings is 3. The summed E-state index contributed by atoms with van der Waals surface area (Å²) in [4.78, 5) is 29.6. The molecule has 1 aromatic heterocycles. The summed E-state index contributed by atoms with van der Waals surface area (Å²) in [7, 11) is 1.39. The molecule has 7 nitrogen and oxygen atoms in total. The minimum atomic E-state index is -0.301. The van der Waals surface area contributed by atoms with Gasteiger partial charge in [0.05, 0.1) is 24.0 Å². The van der Waals surface area contributed by atoms with E-state index in [0.29, 0.717) is 28.3 Å². The summed E-state index contributed by atoms with van der Waals surface area (Å²) in [5.41, 5.74) is 7.79. The lowest BCUT2D eigenvalue weighted by molar-refractivity contribution is 0.103. The van der Waals surface area contributed by atoms with Gasteiger partial charge in [-0.15, -0.1) is 0 Å². The highest BCUT2D eigenvalue weighted by Gasteiger charge is 2.17. The Labute approximate surface area is 183 Å². The number of carbonyl (C=O) groups is 1. The quantitative estimate of drug-likeness (QED) is 0.277. The molecule has 0 aliphatic rings. The Morgan fingerprint density at radius 3 is 2.56 bits per heavy atom. The molecule has 0 bridgehead atoms. The molecule has 0 atom stereocenters. The third-order valence-electron chi connectivity index (χ3n) is 4.98. The molecule has 0 spiro atoms. The summed E-state index contributed by atoms with van der Waals surface area (Å²) in [6.07, 6.45) is 1.34. The number of fused-ring (bicyclic) bond motifs is 1. The number of nitrogen functional groups attached to an aromatic ring is 1. The minimum Gasteiger partial charge on any atom is -0.507 e. The molecule has 0 saturated carbocycles. The zero-order valence-corrected chi connectivity index (χ0v) is 17.5. The maximum atomic E-state index is 12.8. The number of methoxy groups -OCH3 is 1. The van der Waals surface area contributed by atoms with Crippen molar-refractivity contribution in [1.82, 2.24) is 0 Å². The number of ether oxygens (including phenoxy) is 1. The molecule has 0 unspecified atom stereocenters. The Morgan fingerprint density at radius 2 is 1.84 bits per heavy atom. The molecule has 0 fully saturated rings. The second kappa shape index (κ2) is 8.39. The lowest BCUT2D eigenvalue weighted by Gasteiger charge is -2.11. The number of phenolic OH excluding ortho intramolecular Hbond substituents is 1. The van der Waals surface area contributed by atoms with E-state index in [-0.39, 0.29) is 39.2 Å². The first-order valence-corrected chi connectivity index (χ1v) is 9.77. The van der Waals surface area contributed by atoms with Crippen LogP contribution in [0, 0.1) is 6.92 Å². The minimum absolute atomic E-state index is 0.132. The van der Waals surface area contributed by atoms with Crippen LogP contribution in [-0.4, -0.2) is 24.2 Å². The Kier molecular flexibility index (Phi) is 5.47. The van der Waals surface area contributed by atoms with Crippen LogP contribution in [-0.2, 0) is 0 Å². The third-order valence-corrected chi connectivity index (χ3v) is 4.98. The fraction of sp³-hybridized carbons (Fsp3) is 0.0800. The van der Waals surface area contributed by atoms with Crippen LogP contribution in [0.1, 0.15) is 27.2 Å². The number of nitrogens with zero attached hydrogens (tertiary/aromatic N) is 1. The van der Waals surface area contributed by atoms with Crippen molar-refractivity contribution in [2.24, 2.45) is 4.99 Å². The summed E-state index contributed by atoms with van der Waals surface area (Å²) in [6, 6.07) is 16.4. The summed E-state index contributed by atoms with van der Waals surface area (Å²) >= 11 is 0. The van der Waals surface area contributed by atoms with E-state index in [0.717, 1.165) is 0 Å². The van der Waals surface area contributed by atoms with E-state index in [2.05, 4.69) is 4.99 Å². The zero-order valence-electron chi connectivity index (χ0n) is 17.5. The Balaban J connectivity index is 1.79. The number of aromatic hydroxyl groups is 1. The normalized spacial score (nSPS) is 11.2. The molecule has 4 rings (SSSR count). The Morgan fingerprint density at radius 1 is 1.09 bits per heavy atom. The number of hydrogen-bond donors (Lipinski definition) is 2. The molecular weight excluding hydrogens is 408 g/mol. The van der Waals surface area contributed by atoms with Crippen molar-refractivity contribution in [3.63, 3.8) is 0 Å². The van der Waals surface area contributed by atoms with E-state index in [4.69, 9.17) is 14.9 Å². The van der Waals surface area contributed by atoms with Crippen LogP contribution in [0.4, 0.5) is 11.4 Å². The van der Waals surface area contributed by atoms with Gasteiger partial charge in [0.2, 0.25) is 0 Å². The van der Waals surface area contributed by atoms with Crippen molar-refractivity contribution in [3.05, 3.63) is 93.3 Å². The van der Waals surface area contributed by atoms with Crippen LogP contribution in [0.25, 0.3) is 11.0 Å². The summed E-state index contributed by atoms with van der Waals surface area (Å²) < 4.78 is 10.9. The van der Waals surface area contributed by atoms with Crippen molar-refractivity contribution < 1.29 is 19.1 Å². The van der Waals surface area contributed by atoms with E-state index in [1.807, 2.05) is 6.07 Å². The second-order valence-corrected chi connectivity index (χ2v) is 7.16. The predicted octanol–water partition coefficient (Wildman–Crippen LogP) is 4.38. The predicted molar refractivity (Wildman–Crippen MR) is 123 cm³/mol. The number of phenols is 1. The molecule has 32 heavy (non-hydrogen) atoms. The molecule has 7 heteroatoms. The van der Waals surface area contributed by atoms with Gasteiger partial charge in [-0.2, -0.15) is 0 Å². The summed E-state index contributed by atoms with van der Waals surface area (Å²) in [5, 5.41) is 10.7. The van der Waals surface area contributed by atoms with Crippen molar-refractivity contribution in [1.29, 1.82) is 0 Å². The van der Waals surface area contributed by atoms with Crippen molar-refractivity contribution in [2.45, 2.75) is 6.92 Å². The van der Waals surface area contributed by atoms with Gasteiger partial charge in [-0.25, -0.2) is 0 Å². The van der Waals surface area contributed by atoms with Crippen molar-refractivity contribution in [3.8, 4) is 11.5 Å². The van der Waals surface area contributed by atoms with Crippen LogP contribution >= 0.6 is 0 Å². The fourth-order valence-corrected chi connectivity index (χ4v) is 3.43. The highest BCUT2D eigenvalue weighted by atomic mass is 16.5. The highest BCUT2D eigenvalue weighted by molar-refractivity contribution is 6.10. The molecule has 0 aliphatic carbocycles. The second-order valence-electron chi connectivity index (χ2n) is 7.16. The van der Waals surface area contributed by atoms with E-state index in [1.54, 1.807) is 49.4 Å². The molecule has 4 aromatic rings. The molecule has 160 valence electrons. The number of nitrogens with two attached hydrogens (primary N) is 1. The highest BCUT2D eigenvalue weighted by Crippen LogP contribution is 2.35. The van der Waals surface area contributed by atoms with Crippen LogP contribution in [0.5, 0.6) is 11.5 Å². The number of carbonyl (C=O) groups excluding carboxylic acids is 1. The molecular formula is C25H20N2O5. The van der Waals surface area contributed by atoms with Gasteiger partial charge in [-0.3, -0.25) is 14.6 Å². The SMILES string of the molecule is COc1c(C=Nc2cc(C(=O)c3ccccc3)ccc2N)c(O)cc2oc(C)cc(=O)c12. The molecule has 0 amide bonds. The zero-order chi connectivity index (χ0) is 22.8. The van der Waals surface area contributed by atoms with Gasteiger partial charge in [0.1, 0.15) is 28.2 Å². The van der Waals surface area contributed by atoms with Gasteiger partial charge >= 0.3 is 0 Å². The molecule has 0 aliphatic heterocycles. The van der Waals surface area contributed by atoms with Gasteiger partial charge in [0, 0.05) is 29.5 Å². The first-order chi connectivity index (χ1) is 15.4. The van der Waals surface area contributed by atoms with Gasteiger partial charge < -0.3 is 20.0 Å². The lowest BCUT2D eigenvalue weighted by Crippen LogP contribution is -2.05. The van der Waals surface area contributed by atoms with E-state index in [9.17, 15) is 14.7 Å². The average molecular weight is 428 g/mol. The van der Waals surface area contributed by atoms with Crippen molar-refractivity contribution in [2.75, 3.05) is 12.8 Å². The number of aryl methyl sites for hydroxylation is 1. The van der Waals surface area contributed by atoms with Crippen LogP contribution < -0.4 is 15.9 Å². The Bertz CT molecular complexity index is 1420. The molecule has 3 aromatic carbocycles. The standard InChI is InChI=1S/C25H20N2O5/c1-14-10-21(29)23-22(32-14)12-20(28)17(25(23)31-2)13-27-19-11-16(8-9-18(19)26)24(30)15-6-4-3-5-7-15/h3-13,28H,26H2,1-2H3. The van der Waals surface area contributed by atoms with Crippen LogP contribution in [0.3, 0.4) is 0 Å².